The van der Waals surface area contributed by atoms with E-state index in [0.717, 1.165) is 0 Å². The molecule has 0 unspecified atom stereocenters. The summed E-state index contributed by atoms with van der Waals surface area (Å²) in [5, 5.41) is 0. The Morgan fingerprint density at radius 3 is 1.69 bits per heavy atom. The van der Waals surface area contributed by atoms with Crippen LogP contribution in [0.25, 0.3) is 0 Å². The van der Waals surface area contributed by atoms with E-state index in [-0.39, 0.29) is 31.4 Å². The Morgan fingerprint density at radius 1 is 0.923 bits per heavy atom. The van der Waals surface area contributed by atoms with Crippen LogP contribution >= 0.6 is 7.60 Å². The number of carbonyl (C=O) groups is 1. The number of hydrogen-bond donors (Lipinski definition) is 0. The number of rotatable bonds is 7. The van der Waals surface area contributed by atoms with E-state index in [1.165, 1.54) is 13.8 Å². The van der Waals surface area contributed by atoms with Gasteiger partial charge >= 0.3 is 25.9 Å². The number of alkyl halides is 6. The van der Waals surface area contributed by atoms with Crippen molar-refractivity contribution in [3.05, 3.63) is 29.3 Å². The molecular formula is C14H15F6O5P. The lowest BCUT2D eigenvalue weighted by Gasteiger charge is -2.17. The van der Waals surface area contributed by atoms with Gasteiger partial charge in [-0.3, -0.25) is 9.36 Å². The van der Waals surface area contributed by atoms with Gasteiger partial charge in [0, 0.05) is 0 Å². The highest BCUT2D eigenvalue weighted by molar-refractivity contribution is 7.54. The van der Waals surface area contributed by atoms with Crippen molar-refractivity contribution in [2.45, 2.75) is 26.2 Å². The Morgan fingerprint density at radius 2 is 1.35 bits per heavy atom. The zero-order chi connectivity index (χ0) is 20.2. The Labute approximate surface area is 144 Å². The van der Waals surface area contributed by atoms with E-state index >= 15 is 0 Å². The molecule has 1 aromatic carbocycles. The van der Waals surface area contributed by atoms with Crippen molar-refractivity contribution in [3.8, 4) is 5.75 Å². The van der Waals surface area contributed by atoms with Crippen LogP contribution in [0.1, 0.15) is 25.0 Å². The molecule has 1 rings (SSSR count). The first kappa shape index (κ1) is 22.5. The number of ether oxygens (including phenoxy) is 1. The highest BCUT2D eigenvalue weighted by Gasteiger charge is 2.38. The van der Waals surface area contributed by atoms with Crippen molar-refractivity contribution in [2.24, 2.45) is 0 Å². The fourth-order valence-electron chi connectivity index (χ4n) is 1.83. The van der Waals surface area contributed by atoms with Crippen LogP contribution in [0.15, 0.2) is 18.2 Å². The fourth-order valence-corrected chi connectivity index (χ4v) is 3.25. The van der Waals surface area contributed by atoms with Gasteiger partial charge in [0.25, 0.3) is 0 Å². The van der Waals surface area contributed by atoms with Crippen LogP contribution in [0.5, 0.6) is 5.75 Å². The number of halogens is 6. The molecule has 0 amide bonds. The summed E-state index contributed by atoms with van der Waals surface area (Å²) in [6.45, 7) is 2.73. The summed E-state index contributed by atoms with van der Waals surface area (Å²) in [6.07, 6.45) is -11.1. The Hall–Kier alpha value is -1.58. The van der Waals surface area contributed by atoms with Crippen LogP contribution < -0.4 is 4.74 Å². The first-order chi connectivity index (χ1) is 11.8. The van der Waals surface area contributed by atoms with Crippen molar-refractivity contribution in [3.63, 3.8) is 0 Å². The van der Waals surface area contributed by atoms with Gasteiger partial charge in [0.15, 0.2) is 0 Å². The van der Waals surface area contributed by atoms with Gasteiger partial charge < -0.3 is 13.8 Å². The molecule has 0 saturated heterocycles. The van der Waals surface area contributed by atoms with Crippen LogP contribution in [0, 0.1) is 0 Å². The van der Waals surface area contributed by atoms with Crippen LogP contribution in [-0.2, 0) is 30.8 Å². The third kappa shape index (κ3) is 6.62. The lowest BCUT2D eigenvalue weighted by Crippen LogP contribution is -2.17. The summed E-state index contributed by atoms with van der Waals surface area (Å²) in [4.78, 5) is 11.8. The normalized spacial score (nSPS) is 12.9. The van der Waals surface area contributed by atoms with E-state index in [0.29, 0.717) is 0 Å². The molecule has 148 valence electrons. The van der Waals surface area contributed by atoms with Crippen LogP contribution in [0.3, 0.4) is 0 Å². The van der Waals surface area contributed by atoms with Crippen LogP contribution in [-0.4, -0.2) is 25.3 Å². The molecule has 5 nitrogen and oxygen atoms in total. The highest BCUT2D eigenvalue weighted by atomic mass is 31.2. The Bertz CT molecular complexity index is 643. The fraction of sp³-hybridized carbons (Fsp3) is 0.500. The maximum Gasteiger partial charge on any atom is 0.416 e. The molecule has 0 N–H and O–H groups in total. The molecule has 0 saturated carbocycles. The summed E-state index contributed by atoms with van der Waals surface area (Å²) in [7, 11) is -3.92. The molecule has 0 aliphatic rings. The maximum absolute atomic E-state index is 12.8. The summed E-state index contributed by atoms with van der Waals surface area (Å²) in [5.74, 6) is -2.35. The lowest BCUT2D eigenvalue weighted by molar-refractivity contribution is -0.144. The molecule has 26 heavy (non-hydrogen) atoms. The molecule has 0 aliphatic carbocycles. The van der Waals surface area contributed by atoms with Gasteiger partial charge in [-0.05, 0) is 32.0 Å². The van der Waals surface area contributed by atoms with Gasteiger partial charge in [-0.25, -0.2) is 0 Å². The molecule has 0 aliphatic heterocycles. The zero-order valence-electron chi connectivity index (χ0n) is 13.6. The predicted octanol–water partition coefficient (Wildman–Crippen LogP) is 4.90. The summed E-state index contributed by atoms with van der Waals surface area (Å²) in [6, 6.07) is 0.363. The summed E-state index contributed by atoms with van der Waals surface area (Å²) in [5.41, 5.74) is -3.29. The van der Waals surface area contributed by atoms with Crippen LogP contribution in [0.2, 0.25) is 0 Å². The molecule has 0 aromatic heterocycles. The van der Waals surface area contributed by atoms with Gasteiger partial charge in [-0.1, -0.05) is 0 Å². The van der Waals surface area contributed by atoms with Gasteiger partial charge in [0.2, 0.25) is 0 Å². The second kappa shape index (κ2) is 8.41. The smallest absolute Gasteiger partial charge is 0.416 e. The topological polar surface area (TPSA) is 61.8 Å². The minimum atomic E-state index is -5.09. The van der Waals surface area contributed by atoms with Crippen molar-refractivity contribution < 1.29 is 49.5 Å². The maximum atomic E-state index is 12.8. The van der Waals surface area contributed by atoms with E-state index in [9.17, 15) is 35.7 Å². The molecule has 0 spiro atoms. The first-order valence-electron chi connectivity index (χ1n) is 7.19. The second-order valence-electron chi connectivity index (χ2n) is 4.82. The van der Waals surface area contributed by atoms with E-state index in [2.05, 4.69) is 4.74 Å². The van der Waals surface area contributed by atoms with Gasteiger partial charge in [-0.2, -0.15) is 26.3 Å². The second-order valence-corrected chi connectivity index (χ2v) is 6.87. The number of esters is 1. The molecule has 0 fully saturated rings. The SMILES string of the molecule is CCOP(=O)(CC(=O)Oc1cc(C(F)(F)F)cc(C(F)(F)F)c1)OCC. The number of carbonyl (C=O) groups excluding carboxylic acids is 1. The average Bonchev–Trinajstić information content (AvgIpc) is 2.44. The van der Waals surface area contributed by atoms with E-state index in [1.807, 2.05) is 0 Å². The largest absolute Gasteiger partial charge is 0.426 e. The molecule has 1 aromatic rings. The van der Waals surface area contributed by atoms with Crippen molar-refractivity contribution in [1.82, 2.24) is 0 Å². The number of hydrogen-bond acceptors (Lipinski definition) is 5. The molecule has 12 heteroatoms. The Kier molecular flexibility index (Phi) is 7.26. The van der Waals surface area contributed by atoms with Gasteiger partial charge in [0.05, 0.1) is 24.3 Å². The molecule has 0 bridgehead atoms. The predicted molar refractivity (Wildman–Crippen MR) is 77.8 cm³/mol. The molecule has 0 radical (unpaired) electrons. The van der Waals surface area contributed by atoms with Gasteiger partial charge in [-0.15, -0.1) is 0 Å². The standard InChI is InChI=1S/C14H15F6O5P/c1-3-23-26(22,24-4-2)8-12(21)25-11-6-9(13(15,16)17)5-10(7-11)14(18,19)20/h5-7H,3-4,8H2,1-2H3. The minimum Gasteiger partial charge on any atom is -0.426 e. The third-order valence-electron chi connectivity index (χ3n) is 2.77. The van der Waals surface area contributed by atoms with Crippen molar-refractivity contribution >= 4 is 13.6 Å². The molecule has 0 atom stereocenters. The van der Waals surface area contributed by atoms with E-state index in [1.54, 1.807) is 0 Å². The zero-order valence-corrected chi connectivity index (χ0v) is 14.5. The van der Waals surface area contributed by atoms with Gasteiger partial charge in [0.1, 0.15) is 11.9 Å². The quantitative estimate of drug-likeness (QED) is 0.278. The number of benzene rings is 1. The Balaban J connectivity index is 3.11. The monoisotopic (exact) mass is 408 g/mol. The molecule has 0 heterocycles. The van der Waals surface area contributed by atoms with E-state index < -0.39 is 49.0 Å². The van der Waals surface area contributed by atoms with E-state index in [4.69, 9.17) is 9.05 Å². The lowest BCUT2D eigenvalue weighted by atomic mass is 10.1. The summed E-state index contributed by atoms with van der Waals surface area (Å²) < 4.78 is 103. The minimum absolute atomic E-state index is 0.0909. The third-order valence-corrected chi connectivity index (χ3v) is 4.72. The van der Waals surface area contributed by atoms with Crippen molar-refractivity contribution in [2.75, 3.05) is 19.4 Å². The highest BCUT2D eigenvalue weighted by Crippen LogP contribution is 2.48. The summed E-state index contributed by atoms with van der Waals surface area (Å²) >= 11 is 0. The van der Waals surface area contributed by atoms with Crippen molar-refractivity contribution in [1.29, 1.82) is 0 Å². The first-order valence-corrected chi connectivity index (χ1v) is 8.92. The van der Waals surface area contributed by atoms with Crippen LogP contribution in [0.4, 0.5) is 26.3 Å². The molecular weight excluding hydrogens is 393 g/mol. The average molecular weight is 408 g/mol.